The van der Waals surface area contributed by atoms with Gasteiger partial charge in [0.05, 0.1) is 0 Å². The van der Waals surface area contributed by atoms with Crippen LogP contribution in [0.5, 0.6) is 0 Å². The highest BCUT2D eigenvalue weighted by Gasteiger charge is 2.45. The molecule has 2 nitrogen and oxygen atoms in total. The minimum Gasteiger partial charge on any atom is -0.309 e. The fraction of sp³-hybridized carbons (Fsp3) is 0.833. The molecule has 0 aromatic rings. The van der Waals surface area contributed by atoms with Crippen LogP contribution in [0.2, 0.25) is 0 Å². The van der Waals surface area contributed by atoms with Crippen molar-refractivity contribution in [1.29, 1.82) is 0 Å². The van der Waals surface area contributed by atoms with Crippen LogP contribution in [0.1, 0.15) is 6.42 Å². The van der Waals surface area contributed by atoms with Crippen molar-refractivity contribution in [3.63, 3.8) is 0 Å². The van der Waals surface area contributed by atoms with Gasteiger partial charge < -0.3 is 9.80 Å². The van der Waals surface area contributed by atoms with Gasteiger partial charge in [-0.25, -0.2) is 0 Å². The summed E-state index contributed by atoms with van der Waals surface area (Å²) in [6.07, 6.45) is 6.27. The van der Waals surface area contributed by atoms with E-state index in [1.165, 1.54) is 13.0 Å². The topological polar surface area (TPSA) is 6.48 Å². The maximum absolute atomic E-state index is 2.44. The van der Waals surface area contributed by atoms with Crippen LogP contribution >= 0.6 is 0 Å². The van der Waals surface area contributed by atoms with Crippen molar-refractivity contribution in [3.05, 3.63) is 12.2 Å². The van der Waals surface area contributed by atoms with Gasteiger partial charge in [0.25, 0.3) is 0 Å². The van der Waals surface area contributed by atoms with E-state index >= 15 is 0 Å². The van der Waals surface area contributed by atoms with E-state index in [2.05, 4.69) is 50.1 Å². The Bertz CT molecular complexity index is 232. The van der Waals surface area contributed by atoms with Crippen molar-refractivity contribution < 1.29 is 0 Å². The van der Waals surface area contributed by atoms with Crippen LogP contribution in [0.15, 0.2) is 12.2 Å². The molecule has 0 aromatic heterocycles. The molecule has 0 aliphatic heterocycles. The lowest BCUT2D eigenvalue weighted by molar-refractivity contribution is 0.163. The molecule has 4 atom stereocenters. The van der Waals surface area contributed by atoms with Gasteiger partial charge in [0.1, 0.15) is 0 Å². The van der Waals surface area contributed by atoms with Crippen LogP contribution in [0.3, 0.4) is 0 Å². The Kier molecular flexibility index (Phi) is 2.67. The molecule has 2 bridgehead atoms. The maximum atomic E-state index is 2.44. The van der Waals surface area contributed by atoms with Gasteiger partial charge in [0.15, 0.2) is 0 Å². The summed E-state index contributed by atoms with van der Waals surface area (Å²) in [7, 11) is 8.81. The molecular weight excluding hydrogens is 172 g/mol. The van der Waals surface area contributed by atoms with Crippen LogP contribution in [0.4, 0.5) is 0 Å². The molecule has 0 saturated heterocycles. The van der Waals surface area contributed by atoms with Gasteiger partial charge in [-0.1, -0.05) is 12.2 Å². The predicted molar refractivity (Wildman–Crippen MR) is 60.3 cm³/mol. The average molecular weight is 194 g/mol. The Morgan fingerprint density at radius 2 is 1.71 bits per heavy atom. The van der Waals surface area contributed by atoms with Crippen LogP contribution in [0.25, 0.3) is 0 Å². The van der Waals surface area contributed by atoms with E-state index < -0.39 is 0 Å². The second-order valence-electron chi connectivity index (χ2n) is 5.33. The van der Waals surface area contributed by atoms with Crippen LogP contribution in [0, 0.1) is 17.8 Å². The number of nitrogens with zero attached hydrogens (tertiary/aromatic N) is 2. The molecule has 2 rings (SSSR count). The van der Waals surface area contributed by atoms with Crippen LogP contribution in [-0.4, -0.2) is 50.6 Å². The van der Waals surface area contributed by atoms with Crippen molar-refractivity contribution in [2.45, 2.75) is 12.5 Å². The van der Waals surface area contributed by atoms with Gasteiger partial charge in [-0.2, -0.15) is 0 Å². The zero-order chi connectivity index (χ0) is 10.3. The summed E-state index contributed by atoms with van der Waals surface area (Å²) in [5, 5.41) is 0. The van der Waals surface area contributed by atoms with Gasteiger partial charge >= 0.3 is 0 Å². The normalized spacial score (nSPS) is 40.4. The van der Waals surface area contributed by atoms with Gasteiger partial charge in [0.2, 0.25) is 0 Å². The molecule has 2 aliphatic carbocycles. The Morgan fingerprint density at radius 1 is 1.07 bits per heavy atom. The molecule has 14 heavy (non-hydrogen) atoms. The second-order valence-corrected chi connectivity index (χ2v) is 5.33. The first-order valence-electron chi connectivity index (χ1n) is 5.59. The highest BCUT2D eigenvalue weighted by atomic mass is 15.1. The first kappa shape index (κ1) is 10.2. The highest BCUT2D eigenvalue weighted by molar-refractivity contribution is 5.16. The molecule has 1 saturated carbocycles. The molecule has 0 aromatic carbocycles. The number of hydrogen-bond donors (Lipinski definition) is 0. The van der Waals surface area contributed by atoms with Crippen LogP contribution in [-0.2, 0) is 0 Å². The Balaban J connectivity index is 2.10. The zero-order valence-electron chi connectivity index (χ0n) is 9.77. The molecule has 80 valence electrons. The summed E-state index contributed by atoms with van der Waals surface area (Å²) in [4.78, 5) is 4.75. The monoisotopic (exact) mass is 194 g/mol. The van der Waals surface area contributed by atoms with Gasteiger partial charge in [0, 0.05) is 12.6 Å². The number of allylic oxidation sites excluding steroid dienone is 1. The maximum Gasteiger partial charge on any atom is 0.0198 e. The lowest BCUT2D eigenvalue weighted by Crippen LogP contribution is -2.42. The SMILES string of the molecule is CN(C)CC1C2C=CC(C2)C1N(C)C. The fourth-order valence-corrected chi connectivity index (χ4v) is 3.33. The number of rotatable bonds is 3. The Hall–Kier alpha value is -0.340. The molecular formula is C12H22N2. The minimum absolute atomic E-state index is 0.771. The largest absolute Gasteiger partial charge is 0.309 e. The van der Waals surface area contributed by atoms with Crippen molar-refractivity contribution >= 4 is 0 Å². The van der Waals surface area contributed by atoms with E-state index in [-0.39, 0.29) is 0 Å². The predicted octanol–water partition coefficient (Wildman–Crippen LogP) is 1.30. The van der Waals surface area contributed by atoms with Gasteiger partial charge in [-0.3, -0.25) is 0 Å². The van der Waals surface area contributed by atoms with Crippen molar-refractivity contribution in [2.24, 2.45) is 17.8 Å². The molecule has 0 N–H and O–H groups in total. The smallest absolute Gasteiger partial charge is 0.0198 e. The minimum atomic E-state index is 0.771. The summed E-state index contributed by atoms with van der Waals surface area (Å²) in [6, 6.07) is 0.771. The van der Waals surface area contributed by atoms with Crippen LogP contribution < -0.4 is 0 Å². The standard InChI is InChI=1S/C12H22N2/c1-13(2)8-11-9-5-6-10(7-9)12(11)14(3)4/h5-6,9-12H,7-8H2,1-4H3. The lowest BCUT2D eigenvalue weighted by Gasteiger charge is -2.34. The Morgan fingerprint density at radius 3 is 2.29 bits per heavy atom. The third kappa shape index (κ3) is 1.61. The highest BCUT2D eigenvalue weighted by Crippen LogP contribution is 2.45. The number of fused-ring (bicyclic) bond motifs is 2. The molecule has 2 aliphatic rings. The Labute approximate surface area is 87.6 Å². The molecule has 2 heteroatoms. The molecule has 1 fully saturated rings. The molecule has 0 spiro atoms. The summed E-state index contributed by atoms with van der Waals surface area (Å²) in [5.41, 5.74) is 0. The summed E-state index contributed by atoms with van der Waals surface area (Å²) in [5.74, 6) is 2.50. The van der Waals surface area contributed by atoms with Gasteiger partial charge in [-0.05, 0) is 52.4 Å². The molecule has 0 amide bonds. The second kappa shape index (κ2) is 3.67. The number of hydrogen-bond acceptors (Lipinski definition) is 2. The summed E-state index contributed by atoms with van der Waals surface area (Å²) in [6.45, 7) is 1.23. The fourth-order valence-electron chi connectivity index (χ4n) is 3.33. The van der Waals surface area contributed by atoms with E-state index in [0.717, 1.165) is 23.8 Å². The van der Waals surface area contributed by atoms with E-state index in [1.54, 1.807) is 0 Å². The van der Waals surface area contributed by atoms with E-state index in [1.807, 2.05) is 0 Å². The van der Waals surface area contributed by atoms with Crippen molar-refractivity contribution in [2.75, 3.05) is 34.7 Å². The average Bonchev–Trinajstić information content (AvgIpc) is 2.61. The quantitative estimate of drug-likeness (QED) is 0.625. The van der Waals surface area contributed by atoms with Crippen molar-refractivity contribution in [1.82, 2.24) is 9.80 Å². The molecule has 0 heterocycles. The summed E-state index contributed by atoms with van der Waals surface area (Å²) < 4.78 is 0. The van der Waals surface area contributed by atoms with Crippen molar-refractivity contribution in [3.8, 4) is 0 Å². The third-order valence-corrected chi connectivity index (χ3v) is 3.75. The van der Waals surface area contributed by atoms with E-state index in [4.69, 9.17) is 0 Å². The molecule has 0 radical (unpaired) electrons. The lowest BCUT2D eigenvalue weighted by atomic mass is 9.88. The first-order valence-corrected chi connectivity index (χ1v) is 5.59. The van der Waals surface area contributed by atoms with E-state index in [9.17, 15) is 0 Å². The van der Waals surface area contributed by atoms with E-state index in [0.29, 0.717) is 0 Å². The van der Waals surface area contributed by atoms with Gasteiger partial charge in [-0.15, -0.1) is 0 Å². The summed E-state index contributed by atoms with van der Waals surface area (Å²) >= 11 is 0. The first-order chi connectivity index (χ1) is 6.59. The molecule has 4 unspecified atom stereocenters. The zero-order valence-corrected chi connectivity index (χ0v) is 9.77. The third-order valence-electron chi connectivity index (χ3n) is 3.75.